The van der Waals surface area contributed by atoms with Gasteiger partial charge in [-0.25, -0.2) is 0 Å². The van der Waals surface area contributed by atoms with E-state index < -0.39 is 0 Å². The first kappa shape index (κ1) is 15.8. The second kappa shape index (κ2) is 6.31. The summed E-state index contributed by atoms with van der Waals surface area (Å²) in [6.45, 7) is 0. The Hall–Kier alpha value is -2.69. The molecule has 5 nitrogen and oxygen atoms in total. The molecule has 25 heavy (non-hydrogen) atoms. The highest BCUT2D eigenvalue weighted by Gasteiger charge is 2.39. The Morgan fingerprint density at radius 2 is 1.72 bits per heavy atom. The minimum Gasteiger partial charge on any atom is -0.493 e. The molecule has 0 amide bonds. The van der Waals surface area contributed by atoms with Crippen molar-refractivity contribution in [1.29, 1.82) is 0 Å². The molecule has 0 bridgehead atoms. The van der Waals surface area contributed by atoms with Gasteiger partial charge in [0, 0.05) is 17.0 Å². The van der Waals surface area contributed by atoms with E-state index >= 15 is 0 Å². The Morgan fingerprint density at radius 1 is 1.00 bits per heavy atom. The van der Waals surface area contributed by atoms with Crippen molar-refractivity contribution in [3.8, 4) is 17.2 Å². The third-order valence-corrected chi connectivity index (χ3v) is 5.01. The number of hydrogen-bond acceptors (Lipinski definition) is 5. The lowest BCUT2D eigenvalue weighted by Gasteiger charge is -2.25. The molecule has 0 fully saturated rings. The summed E-state index contributed by atoms with van der Waals surface area (Å²) in [7, 11) is 4.84. The molecule has 130 valence electrons. The van der Waals surface area contributed by atoms with Crippen molar-refractivity contribution in [2.75, 3.05) is 21.3 Å². The van der Waals surface area contributed by atoms with Crippen LogP contribution in [0.1, 0.15) is 29.2 Å². The molecule has 2 aromatic carbocycles. The van der Waals surface area contributed by atoms with Gasteiger partial charge in [-0.2, -0.15) is 0 Å². The smallest absolute Gasteiger partial charge is 0.203 e. The second-order valence-electron chi connectivity index (χ2n) is 6.26. The molecule has 0 aromatic heterocycles. The van der Waals surface area contributed by atoms with Crippen LogP contribution in [0.4, 0.5) is 0 Å². The van der Waals surface area contributed by atoms with Crippen LogP contribution < -0.4 is 14.2 Å². The summed E-state index contributed by atoms with van der Waals surface area (Å²) in [6, 6.07) is 12.3. The molecule has 2 aliphatic rings. The van der Waals surface area contributed by atoms with Gasteiger partial charge in [-0.15, -0.1) is 0 Å². The molecule has 0 saturated heterocycles. The fourth-order valence-electron chi connectivity index (χ4n) is 3.79. The van der Waals surface area contributed by atoms with Gasteiger partial charge in [0.15, 0.2) is 17.6 Å². The van der Waals surface area contributed by atoms with Crippen molar-refractivity contribution in [3.63, 3.8) is 0 Å². The highest BCUT2D eigenvalue weighted by Crippen LogP contribution is 2.46. The average Bonchev–Trinajstić information content (AvgIpc) is 3.11. The number of aryl methyl sites for hydroxylation is 1. The van der Waals surface area contributed by atoms with Gasteiger partial charge in [0.1, 0.15) is 0 Å². The Kier molecular flexibility index (Phi) is 3.99. The van der Waals surface area contributed by atoms with Crippen molar-refractivity contribution in [3.05, 3.63) is 53.1 Å². The zero-order valence-corrected chi connectivity index (χ0v) is 14.6. The average molecular weight is 339 g/mol. The zero-order valence-electron chi connectivity index (χ0n) is 14.6. The minimum absolute atomic E-state index is 0.142. The van der Waals surface area contributed by atoms with Crippen molar-refractivity contribution >= 4 is 5.71 Å². The van der Waals surface area contributed by atoms with Gasteiger partial charge in [0.2, 0.25) is 5.75 Å². The van der Waals surface area contributed by atoms with E-state index in [1.165, 1.54) is 11.1 Å². The summed E-state index contributed by atoms with van der Waals surface area (Å²) < 4.78 is 16.4. The third-order valence-electron chi connectivity index (χ3n) is 5.01. The summed E-state index contributed by atoms with van der Waals surface area (Å²) in [5.41, 5.74) is 4.57. The molecule has 5 heteroatoms. The van der Waals surface area contributed by atoms with E-state index in [2.05, 4.69) is 29.4 Å². The maximum Gasteiger partial charge on any atom is 0.203 e. The van der Waals surface area contributed by atoms with Crippen LogP contribution >= 0.6 is 0 Å². The van der Waals surface area contributed by atoms with Gasteiger partial charge in [-0.1, -0.05) is 29.4 Å². The van der Waals surface area contributed by atoms with Crippen molar-refractivity contribution in [2.24, 2.45) is 11.1 Å². The molecule has 4 rings (SSSR count). The quantitative estimate of drug-likeness (QED) is 0.851. The maximum absolute atomic E-state index is 5.85. The second-order valence-corrected chi connectivity index (χ2v) is 6.26. The number of ether oxygens (including phenoxy) is 3. The first-order valence-electron chi connectivity index (χ1n) is 8.38. The number of benzene rings is 2. The van der Waals surface area contributed by atoms with Gasteiger partial charge in [-0.05, 0) is 30.5 Å². The fraction of sp³-hybridized carbons (Fsp3) is 0.350. The van der Waals surface area contributed by atoms with E-state index in [0.29, 0.717) is 17.2 Å². The summed E-state index contributed by atoms with van der Waals surface area (Å²) in [5.74, 6) is 2.08. The minimum atomic E-state index is -0.142. The van der Waals surface area contributed by atoms with E-state index in [9.17, 15) is 0 Å². The summed E-state index contributed by atoms with van der Waals surface area (Å²) in [4.78, 5) is 5.85. The molecule has 1 aliphatic carbocycles. The highest BCUT2D eigenvalue weighted by atomic mass is 16.6. The lowest BCUT2D eigenvalue weighted by molar-refractivity contribution is 0.0590. The van der Waals surface area contributed by atoms with Gasteiger partial charge in [-0.3, -0.25) is 0 Å². The van der Waals surface area contributed by atoms with Crippen molar-refractivity contribution in [1.82, 2.24) is 0 Å². The molecule has 2 atom stereocenters. The largest absolute Gasteiger partial charge is 0.493 e. The number of fused-ring (bicyclic) bond motifs is 3. The molecular formula is C20H21NO4. The normalized spacial score (nSPS) is 20.8. The molecule has 0 saturated carbocycles. The predicted molar refractivity (Wildman–Crippen MR) is 94.7 cm³/mol. The predicted octanol–water partition coefficient (Wildman–Crippen LogP) is 3.75. The SMILES string of the molecule is COc1cc([C@H]2ON=C3c4ccccc4CC[C@@H]32)cc(OC)c1OC. The van der Waals surface area contributed by atoms with Crippen molar-refractivity contribution in [2.45, 2.75) is 18.9 Å². The molecule has 0 N–H and O–H groups in total. The van der Waals surface area contributed by atoms with Crippen molar-refractivity contribution < 1.29 is 19.0 Å². The summed E-state index contributed by atoms with van der Waals surface area (Å²) >= 11 is 0. The van der Waals surface area contributed by atoms with E-state index in [4.69, 9.17) is 19.0 Å². The Morgan fingerprint density at radius 3 is 2.40 bits per heavy atom. The van der Waals surface area contributed by atoms with Crippen LogP contribution in [0.5, 0.6) is 17.2 Å². The van der Waals surface area contributed by atoms with Crippen LogP contribution in [0.2, 0.25) is 0 Å². The van der Waals surface area contributed by atoms with Crippen LogP contribution in [0.3, 0.4) is 0 Å². The fourth-order valence-corrected chi connectivity index (χ4v) is 3.79. The number of nitrogens with zero attached hydrogens (tertiary/aromatic N) is 1. The third kappa shape index (κ3) is 2.51. The zero-order chi connectivity index (χ0) is 17.4. The number of rotatable bonds is 4. The number of oxime groups is 1. The molecule has 0 spiro atoms. The lowest BCUT2D eigenvalue weighted by Crippen LogP contribution is -2.24. The van der Waals surface area contributed by atoms with Crippen LogP contribution in [-0.2, 0) is 11.3 Å². The summed E-state index contributed by atoms with van der Waals surface area (Å²) in [5, 5.41) is 4.41. The van der Waals surface area contributed by atoms with E-state index in [0.717, 1.165) is 24.1 Å². The first-order chi connectivity index (χ1) is 12.3. The molecule has 0 radical (unpaired) electrons. The summed E-state index contributed by atoms with van der Waals surface area (Å²) in [6.07, 6.45) is 1.90. The monoisotopic (exact) mass is 339 g/mol. The number of hydrogen-bond donors (Lipinski definition) is 0. The standard InChI is InChI=1S/C20H21NO4/c1-22-16-10-13(11-17(23-2)20(16)24-3)19-15-9-8-12-6-4-5-7-14(12)18(15)21-25-19/h4-7,10-11,15,19H,8-9H2,1-3H3/t15-,19+/m0/s1. The topological polar surface area (TPSA) is 49.3 Å². The maximum atomic E-state index is 5.85. The van der Waals surface area contributed by atoms with E-state index in [-0.39, 0.29) is 12.0 Å². The first-order valence-corrected chi connectivity index (χ1v) is 8.38. The molecule has 1 aliphatic heterocycles. The van der Waals surface area contributed by atoms with Gasteiger partial charge in [0.05, 0.1) is 27.0 Å². The Bertz CT molecular complexity index is 805. The lowest BCUT2D eigenvalue weighted by atomic mass is 9.78. The Labute approximate surface area is 147 Å². The molecule has 2 aromatic rings. The Balaban J connectivity index is 1.71. The van der Waals surface area contributed by atoms with Crippen LogP contribution in [-0.4, -0.2) is 27.0 Å². The van der Waals surface area contributed by atoms with Gasteiger partial charge >= 0.3 is 0 Å². The van der Waals surface area contributed by atoms with E-state index in [1.807, 2.05) is 12.1 Å². The van der Waals surface area contributed by atoms with Crippen LogP contribution in [0.25, 0.3) is 0 Å². The van der Waals surface area contributed by atoms with Crippen LogP contribution in [0, 0.1) is 5.92 Å². The van der Waals surface area contributed by atoms with Crippen LogP contribution in [0.15, 0.2) is 41.6 Å². The van der Waals surface area contributed by atoms with Gasteiger partial charge < -0.3 is 19.0 Å². The molecule has 0 unspecified atom stereocenters. The van der Waals surface area contributed by atoms with E-state index in [1.54, 1.807) is 21.3 Å². The molecule has 1 heterocycles. The highest BCUT2D eigenvalue weighted by molar-refractivity contribution is 6.05. The van der Waals surface area contributed by atoms with Gasteiger partial charge in [0.25, 0.3) is 0 Å². The number of methoxy groups -OCH3 is 3. The molecular weight excluding hydrogens is 318 g/mol.